The van der Waals surface area contributed by atoms with Gasteiger partial charge in [-0.1, -0.05) is 12.1 Å². The van der Waals surface area contributed by atoms with Crippen molar-refractivity contribution in [2.24, 2.45) is 0 Å². The fourth-order valence-corrected chi connectivity index (χ4v) is 4.14. The molecule has 0 radical (unpaired) electrons. The number of ether oxygens (including phenoxy) is 2. The van der Waals surface area contributed by atoms with Gasteiger partial charge in [-0.3, -0.25) is 19.6 Å². The van der Waals surface area contributed by atoms with Crippen molar-refractivity contribution in [3.05, 3.63) is 88.0 Å². The zero-order chi connectivity index (χ0) is 25.8. The summed E-state index contributed by atoms with van der Waals surface area (Å²) >= 11 is 0. The van der Waals surface area contributed by atoms with Gasteiger partial charge in [0.2, 0.25) is 5.78 Å². The molecule has 0 amide bonds. The summed E-state index contributed by atoms with van der Waals surface area (Å²) in [4.78, 5) is 35.0. The van der Waals surface area contributed by atoms with E-state index in [2.05, 4.69) is 4.72 Å². The minimum Gasteiger partial charge on any atom is -0.502 e. The molecule has 12 heteroatoms. The Labute approximate surface area is 200 Å². The maximum absolute atomic E-state index is 12.8. The number of nitro groups is 1. The molecule has 182 valence electrons. The molecule has 2 N–H and O–H groups in total. The minimum absolute atomic E-state index is 0.169. The number of phenols is 1. The van der Waals surface area contributed by atoms with E-state index in [1.807, 2.05) is 0 Å². The lowest BCUT2D eigenvalue weighted by Gasteiger charge is -2.15. The van der Waals surface area contributed by atoms with Gasteiger partial charge in [-0.25, -0.2) is 13.2 Å². The largest absolute Gasteiger partial charge is 0.502 e. The molecule has 0 aromatic heterocycles. The van der Waals surface area contributed by atoms with Gasteiger partial charge >= 0.3 is 11.7 Å². The lowest BCUT2D eigenvalue weighted by molar-refractivity contribution is -0.386. The number of phenolic OH excluding ortho intramolecular Hbond substituents is 1. The van der Waals surface area contributed by atoms with Crippen molar-refractivity contribution in [1.82, 2.24) is 0 Å². The lowest BCUT2D eigenvalue weighted by atomic mass is 10.1. The van der Waals surface area contributed by atoms with Gasteiger partial charge in [-0.05, 0) is 55.5 Å². The molecule has 3 rings (SSSR count). The zero-order valence-electron chi connectivity index (χ0n) is 18.5. The van der Waals surface area contributed by atoms with Crippen LogP contribution >= 0.6 is 0 Å². The molecule has 1 atom stereocenters. The molecule has 0 bridgehead atoms. The van der Waals surface area contributed by atoms with Crippen molar-refractivity contribution in [3.8, 4) is 11.5 Å². The first-order valence-electron chi connectivity index (χ1n) is 10.0. The Morgan fingerprint density at radius 3 is 2.34 bits per heavy atom. The van der Waals surface area contributed by atoms with E-state index in [1.54, 1.807) is 12.1 Å². The van der Waals surface area contributed by atoms with Crippen molar-refractivity contribution in [2.45, 2.75) is 17.9 Å². The van der Waals surface area contributed by atoms with Crippen LogP contribution in [0.1, 0.15) is 27.6 Å². The summed E-state index contributed by atoms with van der Waals surface area (Å²) in [5.74, 6) is -1.59. The molecule has 0 saturated carbocycles. The number of nitro benzene ring substituents is 1. The van der Waals surface area contributed by atoms with E-state index in [-0.39, 0.29) is 16.8 Å². The number of hydrogen-bond acceptors (Lipinski definition) is 9. The van der Waals surface area contributed by atoms with Gasteiger partial charge in [0, 0.05) is 11.6 Å². The summed E-state index contributed by atoms with van der Waals surface area (Å²) < 4.78 is 38.1. The van der Waals surface area contributed by atoms with Crippen molar-refractivity contribution < 1.29 is 37.5 Å². The van der Waals surface area contributed by atoms with Crippen LogP contribution in [0.5, 0.6) is 11.5 Å². The Balaban J connectivity index is 1.81. The predicted molar refractivity (Wildman–Crippen MR) is 124 cm³/mol. The number of rotatable bonds is 9. The molecule has 0 aliphatic heterocycles. The molecule has 0 fully saturated rings. The first-order chi connectivity index (χ1) is 16.5. The second-order valence-corrected chi connectivity index (χ2v) is 8.88. The molecule has 35 heavy (non-hydrogen) atoms. The second-order valence-electron chi connectivity index (χ2n) is 7.20. The molecule has 0 unspecified atom stereocenters. The number of benzene rings is 3. The molecule has 3 aromatic carbocycles. The number of carbonyl (C=O) groups excluding carboxylic acids is 2. The number of para-hydroxylation sites is 1. The zero-order valence-corrected chi connectivity index (χ0v) is 19.3. The molecule has 0 aliphatic carbocycles. The van der Waals surface area contributed by atoms with Crippen molar-refractivity contribution in [3.63, 3.8) is 0 Å². The summed E-state index contributed by atoms with van der Waals surface area (Å²) in [7, 11) is -2.91. The number of Topliss-reactive ketones (excluding diaryl/α,β-unsaturated/α-hetero) is 1. The number of anilines is 1. The highest BCUT2D eigenvalue weighted by molar-refractivity contribution is 7.92. The van der Waals surface area contributed by atoms with Gasteiger partial charge in [0.15, 0.2) is 11.9 Å². The van der Waals surface area contributed by atoms with Crippen LogP contribution in [0, 0.1) is 10.1 Å². The highest BCUT2D eigenvalue weighted by Gasteiger charge is 2.25. The van der Waals surface area contributed by atoms with Gasteiger partial charge < -0.3 is 14.6 Å². The quantitative estimate of drug-likeness (QED) is 0.194. The van der Waals surface area contributed by atoms with E-state index in [0.717, 1.165) is 12.1 Å². The lowest BCUT2D eigenvalue weighted by Crippen LogP contribution is -2.25. The SMILES string of the molecule is COc1ccc(C(=O)[C@H](C)OC(=O)c2ccccc2NS(=O)(=O)c2ccc(O)c([N+](=O)[O-])c2)cc1. The number of ketones is 1. The third-order valence-electron chi connectivity index (χ3n) is 4.87. The summed E-state index contributed by atoms with van der Waals surface area (Å²) in [6.07, 6.45) is -1.18. The van der Waals surface area contributed by atoms with E-state index in [1.165, 1.54) is 50.4 Å². The number of nitrogens with one attached hydrogen (secondary N) is 1. The van der Waals surface area contributed by atoms with E-state index >= 15 is 0 Å². The second kappa shape index (κ2) is 10.2. The number of sulfonamides is 1. The van der Waals surface area contributed by atoms with E-state index < -0.39 is 49.1 Å². The summed E-state index contributed by atoms with van der Waals surface area (Å²) in [6.45, 7) is 1.38. The third-order valence-corrected chi connectivity index (χ3v) is 6.24. The van der Waals surface area contributed by atoms with Crippen LogP contribution in [0.25, 0.3) is 0 Å². The maximum atomic E-state index is 12.8. The highest BCUT2D eigenvalue weighted by atomic mass is 32.2. The van der Waals surface area contributed by atoms with Gasteiger partial charge in [0.1, 0.15) is 5.75 Å². The molecule has 0 heterocycles. The Hall–Kier alpha value is -4.45. The number of aromatic hydroxyl groups is 1. The maximum Gasteiger partial charge on any atom is 0.340 e. The molecular weight excluding hydrogens is 480 g/mol. The average molecular weight is 500 g/mol. The van der Waals surface area contributed by atoms with Crippen molar-refractivity contribution in [2.75, 3.05) is 11.8 Å². The number of hydrogen-bond donors (Lipinski definition) is 2. The van der Waals surface area contributed by atoms with Crippen LogP contribution in [-0.4, -0.2) is 43.4 Å². The summed E-state index contributed by atoms with van der Waals surface area (Å²) in [5.41, 5.74) is -0.864. The predicted octanol–water partition coefficient (Wildman–Crippen LogP) is 3.54. The molecule has 0 spiro atoms. The number of methoxy groups -OCH3 is 1. The molecule has 3 aromatic rings. The Morgan fingerprint density at radius 1 is 1.06 bits per heavy atom. The van der Waals surface area contributed by atoms with Gasteiger partial charge in [-0.15, -0.1) is 0 Å². The smallest absolute Gasteiger partial charge is 0.340 e. The van der Waals surface area contributed by atoms with E-state index in [9.17, 15) is 33.2 Å². The molecular formula is C23H20N2O9S. The van der Waals surface area contributed by atoms with Gasteiger partial charge in [0.05, 0.1) is 28.2 Å². The first kappa shape index (κ1) is 25.2. The molecule has 0 saturated heterocycles. The number of nitrogens with zero attached hydrogens (tertiary/aromatic N) is 1. The average Bonchev–Trinajstić information content (AvgIpc) is 2.83. The van der Waals surface area contributed by atoms with Crippen LogP contribution in [0.4, 0.5) is 11.4 Å². The van der Waals surface area contributed by atoms with Crippen LogP contribution < -0.4 is 9.46 Å². The van der Waals surface area contributed by atoms with Crippen LogP contribution in [-0.2, 0) is 14.8 Å². The first-order valence-corrected chi connectivity index (χ1v) is 11.5. The van der Waals surface area contributed by atoms with Crippen LogP contribution in [0.3, 0.4) is 0 Å². The van der Waals surface area contributed by atoms with Gasteiger partial charge in [-0.2, -0.15) is 0 Å². The number of carbonyl (C=O) groups is 2. The summed E-state index contributed by atoms with van der Waals surface area (Å²) in [5, 5.41) is 20.6. The standard InChI is InChI=1S/C23H20N2O9S/c1-14(22(27)15-7-9-16(33-2)10-8-15)34-23(28)18-5-3-4-6-19(18)24-35(31,32)17-11-12-21(26)20(13-17)25(29)30/h3-14,24,26H,1-2H3/t14-/m0/s1. The Kier molecular flexibility index (Phi) is 7.35. The minimum atomic E-state index is -4.39. The monoisotopic (exact) mass is 500 g/mol. The molecule has 0 aliphatic rings. The Bertz CT molecular complexity index is 1390. The Morgan fingerprint density at radius 2 is 1.71 bits per heavy atom. The van der Waals surface area contributed by atoms with Crippen molar-refractivity contribution in [1.29, 1.82) is 0 Å². The van der Waals surface area contributed by atoms with Crippen LogP contribution in [0.2, 0.25) is 0 Å². The highest BCUT2D eigenvalue weighted by Crippen LogP contribution is 2.30. The van der Waals surface area contributed by atoms with Crippen molar-refractivity contribution >= 4 is 33.2 Å². The van der Waals surface area contributed by atoms with Crippen LogP contribution in [0.15, 0.2) is 71.6 Å². The topological polar surface area (TPSA) is 162 Å². The fraction of sp³-hybridized carbons (Fsp3) is 0.130. The fourth-order valence-electron chi connectivity index (χ4n) is 3.04. The summed E-state index contributed by atoms with van der Waals surface area (Å²) in [6, 6.07) is 14.3. The van der Waals surface area contributed by atoms with Gasteiger partial charge in [0.25, 0.3) is 10.0 Å². The number of esters is 1. The van der Waals surface area contributed by atoms with E-state index in [4.69, 9.17) is 9.47 Å². The third kappa shape index (κ3) is 5.73. The normalized spacial score (nSPS) is 11.8. The molecule has 11 nitrogen and oxygen atoms in total. The van der Waals surface area contributed by atoms with E-state index in [0.29, 0.717) is 11.8 Å².